The van der Waals surface area contributed by atoms with Gasteiger partial charge in [0.25, 0.3) is 0 Å². The van der Waals surface area contributed by atoms with E-state index in [-0.39, 0.29) is 22.6 Å². The lowest BCUT2D eigenvalue weighted by molar-refractivity contribution is -0.136. The summed E-state index contributed by atoms with van der Waals surface area (Å²) >= 11 is 1.47. The third-order valence-corrected chi connectivity index (χ3v) is 3.68. The standard InChI is InChI=1S/C9H16N2O2S/c1-9(2,10)5-14-6-4-7(12)11(3)8(6)13/h6H,4-5,10H2,1-3H3. The topological polar surface area (TPSA) is 63.4 Å². The molecule has 0 aromatic heterocycles. The largest absolute Gasteiger partial charge is 0.325 e. The first-order chi connectivity index (χ1) is 6.31. The quantitative estimate of drug-likeness (QED) is 0.685. The van der Waals surface area contributed by atoms with Crippen LogP contribution < -0.4 is 5.73 Å². The minimum Gasteiger partial charge on any atom is -0.325 e. The van der Waals surface area contributed by atoms with Gasteiger partial charge in [0, 0.05) is 24.8 Å². The molecule has 2 N–H and O–H groups in total. The monoisotopic (exact) mass is 216 g/mol. The molecule has 4 nitrogen and oxygen atoms in total. The highest BCUT2D eigenvalue weighted by Crippen LogP contribution is 2.25. The van der Waals surface area contributed by atoms with Crippen molar-refractivity contribution in [3.63, 3.8) is 0 Å². The summed E-state index contributed by atoms with van der Waals surface area (Å²) in [6.45, 7) is 3.82. The average molecular weight is 216 g/mol. The highest BCUT2D eigenvalue weighted by molar-refractivity contribution is 8.00. The molecule has 80 valence electrons. The first-order valence-corrected chi connectivity index (χ1v) is 5.57. The number of thioether (sulfide) groups is 1. The van der Waals surface area contributed by atoms with Crippen molar-refractivity contribution in [2.75, 3.05) is 12.8 Å². The lowest BCUT2D eigenvalue weighted by Crippen LogP contribution is -2.36. The highest BCUT2D eigenvalue weighted by Gasteiger charge is 2.36. The van der Waals surface area contributed by atoms with Crippen LogP contribution in [-0.2, 0) is 9.59 Å². The molecule has 1 aliphatic rings. The summed E-state index contributed by atoms with van der Waals surface area (Å²) in [5.74, 6) is 0.497. The molecule has 5 heteroatoms. The maximum absolute atomic E-state index is 11.5. The second-order valence-corrected chi connectivity index (χ2v) is 5.47. The number of hydrogen-bond acceptors (Lipinski definition) is 4. The number of hydrogen-bond donors (Lipinski definition) is 1. The number of carbonyl (C=O) groups is 2. The Morgan fingerprint density at radius 3 is 2.50 bits per heavy atom. The van der Waals surface area contributed by atoms with Crippen molar-refractivity contribution in [2.45, 2.75) is 31.1 Å². The maximum Gasteiger partial charge on any atom is 0.242 e. The van der Waals surface area contributed by atoms with Gasteiger partial charge in [-0.25, -0.2) is 0 Å². The molecule has 1 unspecified atom stereocenters. The van der Waals surface area contributed by atoms with Crippen LogP contribution in [0.1, 0.15) is 20.3 Å². The molecule has 1 heterocycles. The van der Waals surface area contributed by atoms with Crippen molar-refractivity contribution in [1.29, 1.82) is 0 Å². The summed E-state index contributed by atoms with van der Waals surface area (Å²) in [7, 11) is 1.53. The van der Waals surface area contributed by atoms with E-state index in [1.807, 2.05) is 13.8 Å². The van der Waals surface area contributed by atoms with Crippen molar-refractivity contribution in [2.24, 2.45) is 5.73 Å². The Kier molecular flexibility index (Phi) is 3.21. The van der Waals surface area contributed by atoms with E-state index in [0.717, 1.165) is 0 Å². The van der Waals surface area contributed by atoms with E-state index < -0.39 is 0 Å². The van der Waals surface area contributed by atoms with Gasteiger partial charge in [0.15, 0.2) is 0 Å². The van der Waals surface area contributed by atoms with Crippen molar-refractivity contribution in [3.8, 4) is 0 Å². The van der Waals surface area contributed by atoms with Crippen molar-refractivity contribution in [3.05, 3.63) is 0 Å². The molecule has 0 aliphatic carbocycles. The molecule has 2 amide bonds. The Morgan fingerprint density at radius 1 is 1.57 bits per heavy atom. The number of nitrogens with zero attached hydrogens (tertiary/aromatic N) is 1. The van der Waals surface area contributed by atoms with Crippen LogP contribution in [0.25, 0.3) is 0 Å². The zero-order valence-corrected chi connectivity index (χ0v) is 9.56. The van der Waals surface area contributed by atoms with Crippen LogP contribution in [0.15, 0.2) is 0 Å². The van der Waals surface area contributed by atoms with Gasteiger partial charge in [-0.15, -0.1) is 11.8 Å². The van der Waals surface area contributed by atoms with Crippen LogP contribution in [0, 0.1) is 0 Å². The Bertz CT molecular complexity index is 260. The Labute approximate surface area is 88.2 Å². The van der Waals surface area contributed by atoms with Crippen LogP contribution in [0.5, 0.6) is 0 Å². The molecule has 1 saturated heterocycles. The van der Waals surface area contributed by atoms with Crippen molar-refractivity contribution in [1.82, 2.24) is 4.90 Å². The second-order valence-electron chi connectivity index (χ2n) is 4.28. The number of likely N-dealkylation sites (tertiary alicyclic amines) is 1. The lowest BCUT2D eigenvalue weighted by Gasteiger charge is -2.19. The number of nitrogens with two attached hydrogens (primary N) is 1. The molecule has 0 bridgehead atoms. The van der Waals surface area contributed by atoms with E-state index in [9.17, 15) is 9.59 Å². The van der Waals surface area contributed by atoms with E-state index in [1.165, 1.54) is 23.7 Å². The third kappa shape index (κ3) is 2.72. The van der Waals surface area contributed by atoms with E-state index in [4.69, 9.17) is 5.73 Å². The van der Waals surface area contributed by atoms with Crippen LogP contribution in [0.4, 0.5) is 0 Å². The summed E-state index contributed by atoms with van der Waals surface area (Å²) < 4.78 is 0. The second kappa shape index (κ2) is 3.90. The van der Waals surface area contributed by atoms with Gasteiger partial charge in [0.1, 0.15) is 0 Å². The van der Waals surface area contributed by atoms with Crippen LogP contribution in [0.3, 0.4) is 0 Å². The summed E-state index contributed by atoms with van der Waals surface area (Å²) in [5, 5.41) is -0.227. The molecule has 1 aliphatic heterocycles. The van der Waals surface area contributed by atoms with Gasteiger partial charge >= 0.3 is 0 Å². The molecular weight excluding hydrogens is 200 g/mol. The fraction of sp³-hybridized carbons (Fsp3) is 0.778. The van der Waals surface area contributed by atoms with Gasteiger partial charge in [0.05, 0.1) is 5.25 Å². The zero-order valence-electron chi connectivity index (χ0n) is 8.74. The van der Waals surface area contributed by atoms with Gasteiger partial charge in [-0.1, -0.05) is 0 Å². The predicted molar refractivity (Wildman–Crippen MR) is 56.9 cm³/mol. The molecule has 1 fully saturated rings. The van der Waals surface area contributed by atoms with Crippen LogP contribution >= 0.6 is 11.8 Å². The average Bonchev–Trinajstić information content (AvgIpc) is 2.28. The predicted octanol–water partition coefficient (Wildman–Crippen LogP) is 0.214. The SMILES string of the molecule is CN1C(=O)CC(SCC(C)(C)N)C1=O. The molecular formula is C9H16N2O2S. The molecule has 14 heavy (non-hydrogen) atoms. The lowest BCUT2D eigenvalue weighted by atomic mass is 10.1. The molecule has 0 aromatic rings. The molecule has 1 atom stereocenters. The minimum absolute atomic E-state index is 0.0933. The Hall–Kier alpha value is -0.550. The summed E-state index contributed by atoms with van der Waals surface area (Å²) in [5.41, 5.74) is 5.50. The highest BCUT2D eigenvalue weighted by atomic mass is 32.2. The fourth-order valence-corrected chi connectivity index (χ4v) is 2.36. The maximum atomic E-state index is 11.5. The van der Waals surface area contributed by atoms with E-state index >= 15 is 0 Å². The minimum atomic E-state index is -0.296. The van der Waals surface area contributed by atoms with E-state index in [2.05, 4.69) is 0 Å². The fourth-order valence-electron chi connectivity index (χ4n) is 1.17. The number of rotatable bonds is 3. The van der Waals surface area contributed by atoms with Gasteiger partial charge in [-0.3, -0.25) is 14.5 Å². The number of carbonyl (C=O) groups excluding carboxylic acids is 2. The molecule has 0 radical (unpaired) electrons. The molecule has 0 aromatic carbocycles. The Balaban J connectivity index is 2.48. The molecule has 0 saturated carbocycles. The van der Waals surface area contributed by atoms with Gasteiger partial charge in [0.2, 0.25) is 11.8 Å². The third-order valence-electron chi connectivity index (χ3n) is 2.00. The van der Waals surface area contributed by atoms with Crippen molar-refractivity contribution >= 4 is 23.6 Å². The molecule has 1 rings (SSSR count). The van der Waals surface area contributed by atoms with Crippen molar-refractivity contribution < 1.29 is 9.59 Å². The van der Waals surface area contributed by atoms with E-state index in [1.54, 1.807) is 0 Å². The van der Waals surface area contributed by atoms with Gasteiger partial charge < -0.3 is 5.73 Å². The van der Waals surface area contributed by atoms with Crippen LogP contribution in [0.2, 0.25) is 0 Å². The normalized spacial score (nSPS) is 23.4. The number of amides is 2. The molecule has 0 spiro atoms. The summed E-state index contributed by atoms with van der Waals surface area (Å²) in [6, 6.07) is 0. The number of imide groups is 1. The van der Waals surface area contributed by atoms with Gasteiger partial charge in [-0.2, -0.15) is 0 Å². The Morgan fingerprint density at radius 2 is 2.14 bits per heavy atom. The zero-order chi connectivity index (χ0) is 10.9. The first-order valence-electron chi connectivity index (χ1n) is 4.52. The van der Waals surface area contributed by atoms with Gasteiger partial charge in [-0.05, 0) is 13.8 Å². The summed E-state index contributed by atoms with van der Waals surface area (Å²) in [4.78, 5) is 23.9. The summed E-state index contributed by atoms with van der Waals surface area (Å²) in [6.07, 6.45) is 0.316. The smallest absolute Gasteiger partial charge is 0.242 e. The first kappa shape index (κ1) is 11.5. The van der Waals surface area contributed by atoms with Crippen LogP contribution in [-0.4, -0.2) is 40.3 Å². The van der Waals surface area contributed by atoms with E-state index in [0.29, 0.717) is 12.2 Å².